The lowest BCUT2D eigenvalue weighted by Crippen LogP contribution is -2.18. The van der Waals surface area contributed by atoms with Crippen molar-refractivity contribution in [3.63, 3.8) is 0 Å². The molecule has 2 aromatic carbocycles. The molecule has 3 aromatic rings. The van der Waals surface area contributed by atoms with Crippen LogP contribution in [-0.4, -0.2) is 18.8 Å². The highest BCUT2D eigenvalue weighted by molar-refractivity contribution is 7.90. The predicted molar refractivity (Wildman–Crippen MR) is 89.3 cm³/mol. The van der Waals surface area contributed by atoms with Crippen molar-refractivity contribution in [1.82, 2.24) is 3.97 Å². The summed E-state index contributed by atoms with van der Waals surface area (Å²) in [6.45, 7) is 0. The zero-order valence-electron chi connectivity index (χ0n) is 12.4. The van der Waals surface area contributed by atoms with E-state index in [1.807, 2.05) is 0 Å². The van der Waals surface area contributed by atoms with Gasteiger partial charge in [0.1, 0.15) is 5.75 Å². The molecule has 0 radical (unpaired) electrons. The van der Waals surface area contributed by atoms with E-state index >= 15 is 0 Å². The monoisotopic (exact) mass is 392 g/mol. The van der Waals surface area contributed by atoms with Gasteiger partial charge in [0.15, 0.2) is 0 Å². The lowest BCUT2D eigenvalue weighted by Gasteiger charge is -2.11. The first-order valence-electron chi connectivity index (χ1n) is 6.65. The predicted octanol–water partition coefficient (Wildman–Crippen LogP) is 3.78. The number of nitrogens with zero attached hydrogens (tertiary/aromatic N) is 1. The summed E-state index contributed by atoms with van der Waals surface area (Å²) in [5.41, 5.74) is 6.37. The van der Waals surface area contributed by atoms with E-state index in [0.29, 0.717) is 16.6 Å². The summed E-state index contributed by atoms with van der Waals surface area (Å²) < 4.78 is 67.1. The number of ether oxygens (including phenoxy) is 1. The molecule has 1 heterocycles. The van der Waals surface area contributed by atoms with Gasteiger partial charge in [0.2, 0.25) is 0 Å². The lowest BCUT2D eigenvalue weighted by molar-refractivity contribution is -0.274. The number of aromatic nitrogens is 1. The molecule has 3 rings (SSSR count). The maximum Gasteiger partial charge on any atom is 0.573 e. The fourth-order valence-electron chi connectivity index (χ4n) is 2.28. The third-order valence-electron chi connectivity index (χ3n) is 3.28. The Labute approximate surface area is 147 Å². The maximum absolute atomic E-state index is 12.7. The van der Waals surface area contributed by atoms with Crippen molar-refractivity contribution >= 4 is 39.0 Å². The van der Waals surface area contributed by atoms with E-state index in [-0.39, 0.29) is 17.3 Å². The molecular weight excluding hydrogens is 381 g/mol. The molecule has 0 aliphatic carbocycles. The third kappa shape index (κ3) is 3.83. The van der Waals surface area contributed by atoms with Crippen molar-refractivity contribution in [2.45, 2.75) is 11.3 Å². The lowest BCUT2D eigenvalue weighted by atomic mass is 10.2. The zero-order valence-corrected chi connectivity index (χ0v) is 14.0. The van der Waals surface area contributed by atoms with Gasteiger partial charge in [-0.2, -0.15) is 0 Å². The molecule has 0 aliphatic heterocycles. The number of nitrogen functional groups attached to an aromatic ring is 1. The van der Waals surface area contributed by atoms with E-state index in [9.17, 15) is 21.6 Å². The van der Waals surface area contributed by atoms with E-state index in [4.69, 9.17) is 5.73 Å². The van der Waals surface area contributed by atoms with Crippen LogP contribution in [0.25, 0.3) is 10.9 Å². The number of benzene rings is 2. The summed E-state index contributed by atoms with van der Waals surface area (Å²) in [7, 11) is -4.10. The molecule has 0 atom stereocenters. The second kappa shape index (κ2) is 6.49. The minimum atomic E-state index is -4.91. The van der Waals surface area contributed by atoms with Gasteiger partial charge in [-0.05, 0) is 30.3 Å². The van der Waals surface area contributed by atoms with Crippen LogP contribution in [-0.2, 0) is 10.0 Å². The highest BCUT2D eigenvalue weighted by atomic mass is 35.5. The van der Waals surface area contributed by atoms with Gasteiger partial charge in [0.05, 0.1) is 10.4 Å². The second-order valence-corrected chi connectivity index (χ2v) is 6.77. The summed E-state index contributed by atoms with van der Waals surface area (Å²) in [5.74, 6) is -0.612. The van der Waals surface area contributed by atoms with Gasteiger partial charge >= 0.3 is 6.36 Å². The molecule has 134 valence electrons. The van der Waals surface area contributed by atoms with Gasteiger partial charge < -0.3 is 10.5 Å². The van der Waals surface area contributed by atoms with Crippen LogP contribution in [0.3, 0.4) is 0 Å². The molecule has 10 heteroatoms. The average molecular weight is 393 g/mol. The molecule has 0 saturated heterocycles. The van der Waals surface area contributed by atoms with Crippen LogP contribution < -0.4 is 10.5 Å². The summed E-state index contributed by atoms with van der Waals surface area (Å²) in [5, 5.41) is 0.635. The number of nitrogens with two attached hydrogens (primary N) is 1. The van der Waals surface area contributed by atoms with Crippen molar-refractivity contribution in [3.8, 4) is 5.75 Å². The Morgan fingerprint density at radius 1 is 1.04 bits per heavy atom. The quantitative estimate of drug-likeness (QED) is 0.688. The first-order valence-corrected chi connectivity index (χ1v) is 8.09. The number of halogens is 4. The van der Waals surface area contributed by atoms with Crippen molar-refractivity contribution in [3.05, 3.63) is 54.7 Å². The standard InChI is InChI=1S/C15H11F3N2O3S.ClH/c16-15(17,18)23-12-2-1-3-13(9-12)24(21,22)20-7-6-10-4-5-11(19)8-14(10)20;/h1-9H,19H2;1H. The van der Waals surface area contributed by atoms with E-state index in [2.05, 4.69) is 4.74 Å². The van der Waals surface area contributed by atoms with Crippen molar-refractivity contribution in [2.75, 3.05) is 5.73 Å². The van der Waals surface area contributed by atoms with Gasteiger partial charge in [-0.3, -0.25) is 0 Å². The molecule has 0 fully saturated rings. The Balaban J connectivity index is 0.00000225. The first-order chi connectivity index (χ1) is 11.2. The van der Waals surface area contributed by atoms with Crippen LogP contribution >= 0.6 is 12.4 Å². The minimum Gasteiger partial charge on any atom is -0.406 e. The minimum absolute atomic E-state index is 0. The van der Waals surface area contributed by atoms with Crippen molar-refractivity contribution < 1.29 is 26.3 Å². The fraction of sp³-hybridized carbons (Fsp3) is 0.0667. The number of hydrogen-bond donors (Lipinski definition) is 1. The van der Waals surface area contributed by atoms with Crippen molar-refractivity contribution in [1.29, 1.82) is 0 Å². The molecule has 5 nitrogen and oxygen atoms in total. The summed E-state index contributed by atoms with van der Waals surface area (Å²) >= 11 is 0. The van der Waals surface area contributed by atoms with Crippen LogP contribution in [0, 0.1) is 0 Å². The molecule has 1 aromatic heterocycles. The normalized spacial score (nSPS) is 12.0. The zero-order chi connectivity index (χ0) is 17.5. The number of anilines is 1. The molecular formula is C15H12ClF3N2O3S. The Morgan fingerprint density at radius 2 is 1.76 bits per heavy atom. The topological polar surface area (TPSA) is 74.3 Å². The molecule has 0 unspecified atom stereocenters. The molecule has 0 amide bonds. The van der Waals surface area contributed by atoms with Gasteiger partial charge in [0, 0.05) is 23.3 Å². The number of alkyl halides is 3. The molecule has 2 N–H and O–H groups in total. The number of hydrogen-bond acceptors (Lipinski definition) is 4. The largest absolute Gasteiger partial charge is 0.573 e. The Morgan fingerprint density at radius 3 is 2.44 bits per heavy atom. The first kappa shape index (κ1) is 18.9. The highest BCUT2D eigenvalue weighted by Crippen LogP contribution is 2.28. The van der Waals surface area contributed by atoms with Crippen LogP contribution in [0.15, 0.2) is 59.6 Å². The van der Waals surface area contributed by atoms with Gasteiger partial charge in [0.25, 0.3) is 10.0 Å². The van der Waals surface area contributed by atoms with Crippen LogP contribution in [0.4, 0.5) is 18.9 Å². The van der Waals surface area contributed by atoms with Gasteiger partial charge in [-0.1, -0.05) is 12.1 Å². The number of rotatable bonds is 3. The smallest absolute Gasteiger partial charge is 0.406 e. The Bertz CT molecular complexity index is 1020. The van der Waals surface area contributed by atoms with E-state index in [0.717, 1.165) is 16.1 Å². The second-order valence-electron chi connectivity index (χ2n) is 4.96. The molecule has 0 saturated carbocycles. The van der Waals surface area contributed by atoms with E-state index in [1.54, 1.807) is 18.2 Å². The fourth-order valence-corrected chi connectivity index (χ4v) is 3.66. The summed E-state index contributed by atoms with van der Waals surface area (Å²) in [6.07, 6.45) is -3.59. The maximum atomic E-state index is 12.7. The van der Waals surface area contributed by atoms with Crippen molar-refractivity contribution in [2.24, 2.45) is 0 Å². The van der Waals surface area contributed by atoms with Gasteiger partial charge in [-0.25, -0.2) is 12.4 Å². The Kier molecular flexibility index (Phi) is 4.92. The summed E-state index contributed by atoms with van der Waals surface area (Å²) in [6, 6.07) is 10.5. The van der Waals surface area contributed by atoms with E-state index in [1.165, 1.54) is 24.4 Å². The van der Waals surface area contributed by atoms with Crippen LogP contribution in [0.2, 0.25) is 0 Å². The molecule has 25 heavy (non-hydrogen) atoms. The van der Waals surface area contributed by atoms with Crippen LogP contribution in [0.5, 0.6) is 5.75 Å². The molecule has 0 aliphatic rings. The van der Waals surface area contributed by atoms with Gasteiger partial charge in [-0.15, -0.1) is 25.6 Å². The third-order valence-corrected chi connectivity index (χ3v) is 4.96. The Hall–Kier alpha value is -2.39. The van der Waals surface area contributed by atoms with E-state index < -0.39 is 22.1 Å². The molecule has 0 bridgehead atoms. The van der Waals surface area contributed by atoms with Crippen LogP contribution in [0.1, 0.15) is 0 Å². The molecule has 0 spiro atoms. The average Bonchev–Trinajstić information content (AvgIpc) is 2.89. The number of fused-ring (bicyclic) bond motifs is 1. The highest BCUT2D eigenvalue weighted by Gasteiger charge is 2.31. The SMILES string of the molecule is Cl.Nc1ccc2ccn(S(=O)(=O)c3cccc(OC(F)(F)F)c3)c2c1. The summed E-state index contributed by atoms with van der Waals surface area (Å²) in [4.78, 5) is -0.329.